The molecule has 0 aromatic carbocycles. The Balaban J connectivity index is 1.44. The molecule has 4 rings (SSSR count). The molecule has 132 valence electrons. The highest BCUT2D eigenvalue weighted by Crippen LogP contribution is 2.23. The third kappa shape index (κ3) is 3.31. The number of carbonyl (C=O) groups excluding carboxylic acids is 1. The number of furan rings is 1. The van der Waals surface area contributed by atoms with Gasteiger partial charge in [0.25, 0.3) is 5.91 Å². The van der Waals surface area contributed by atoms with Crippen LogP contribution in [-0.4, -0.2) is 60.0 Å². The highest BCUT2D eigenvalue weighted by Gasteiger charge is 2.24. The molecule has 0 spiro atoms. The van der Waals surface area contributed by atoms with E-state index in [-0.39, 0.29) is 5.91 Å². The van der Waals surface area contributed by atoms with Crippen LogP contribution in [0.3, 0.4) is 0 Å². The highest BCUT2D eigenvalue weighted by molar-refractivity contribution is 5.94. The Bertz CT molecular complexity index is 732. The van der Waals surface area contributed by atoms with Gasteiger partial charge in [0.2, 0.25) is 0 Å². The fourth-order valence-corrected chi connectivity index (χ4v) is 3.51. The Kier molecular flexibility index (Phi) is 4.29. The van der Waals surface area contributed by atoms with Gasteiger partial charge in [-0.3, -0.25) is 4.79 Å². The highest BCUT2D eigenvalue weighted by atomic mass is 16.3. The van der Waals surface area contributed by atoms with Crippen LogP contribution < -0.4 is 9.80 Å². The average molecular weight is 341 g/mol. The fraction of sp³-hybridized carbons (Fsp3) is 0.500. The van der Waals surface area contributed by atoms with Crippen LogP contribution in [-0.2, 0) is 0 Å². The van der Waals surface area contributed by atoms with E-state index in [1.165, 1.54) is 25.4 Å². The summed E-state index contributed by atoms with van der Waals surface area (Å²) in [7, 11) is 0. The van der Waals surface area contributed by atoms with Crippen LogP contribution in [0.5, 0.6) is 0 Å². The largest absolute Gasteiger partial charge is 0.472 e. The van der Waals surface area contributed by atoms with E-state index in [2.05, 4.69) is 25.8 Å². The van der Waals surface area contributed by atoms with Crippen LogP contribution in [0.15, 0.2) is 29.1 Å². The predicted molar refractivity (Wildman–Crippen MR) is 95.0 cm³/mol. The number of nitrogens with zero attached hydrogens (tertiary/aromatic N) is 5. The van der Waals surface area contributed by atoms with Gasteiger partial charge in [-0.1, -0.05) is 0 Å². The number of aromatic nitrogens is 2. The molecule has 2 fully saturated rings. The molecule has 7 heteroatoms. The monoisotopic (exact) mass is 341 g/mol. The van der Waals surface area contributed by atoms with Gasteiger partial charge < -0.3 is 19.1 Å². The van der Waals surface area contributed by atoms with Gasteiger partial charge in [-0.05, 0) is 25.8 Å². The van der Waals surface area contributed by atoms with Crippen molar-refractivity contribution >= 4 is 17.5 Å². The second-order valence-corrected chi connectivity index (χ2v) is 6.62. The fourth-order valence-electron chi connectivity index (χ4n) is 3.51. The smallest absolute Gasteiger partial charge is 0.257 e. The molecule has 0 radical (unpaired) electrons. The summed E-state index contributed by atoms with van der Waals surface area (Å²) in [6.45, 7) is 7.02. The van der Waals surface area contributed by atoms with Gasteiger partial charge in [0.05, 0.1) is 11.8 Å². The summed E-state index contributed by atoms with van der Waals surface area (Å²) in [5.41, 5.74) is 0.614. The number of anilines is 2. The third-order valence-electron chi connectivity index (χ3n) is 4.90. The maximum Gasteiger partial charge on any atom is 0.257 e. The number of aryl methyl sites for hydroxylation is 1. The minimum Gasteiger partial charge on any atom is -0.472 e. The van der Waals surface area contributed by atoms with E-state index < -0.39 is 0 Å². The predicted octanol–water partition coefficient (Wildman–Crippen LogP) is 1.94. The molecular weight excluding hydrogens is 318 g/mol. The maximum absolute atomic E-state index is 12.4. The molecule has 1 amide bonds. The summed E-state index contributed by atoms with van der Waals surface area (Å²) in [5, 5.41) is 0. The average Bonchev–Trinajstić information content (AvgIpc) is 3.34. The van der Waals surface area contributed by atoms with Crippen LogP contribution in [0.4, 0.5) is 11.6 Å². The summed E-state index contributed by atoms with van der Waals surface area (Å²) in [6, 6.07) is 3.80. The van der Waals surface area contributed by atoms with Gasteiger partial charge in [-0.25, -0.2) is 9.97 Å². The zero-order chi connectivity index (χ0) is 17.2. The lowest BCUT2D eigenvalue weighted by molar-refractivity contribution is 0.0746. The van der Waals surface area contributed by atoms with Crippen molar-refractivity contribution in [1.29, 1.82) is 0 Å². The van der Waals surface area contributed by atoms with Crippen molar-refractivity contribution in [1.82, 2.24) is 14.9 Å². The first kappa shape index (κ1) is 15.9. The third-order valence-corrected chi connectivity index (χ3v) is 4.90. The van der Waals surface area contributed by atoms with Crippen LogP contribution in [0, 0.1) is 6.92 Å². The molecule has 0 bridgehead atoms. The maximum atomic E-state index is 12.4. The summed E-state index contributed by atoms with van der Waals surface area (Å²) in [4.78, 5) is 28.1. The van der Waals surface area contributed by atoms with Crippen LogP contribution in [0.25, 0.3) is 0 Å². The zero-order valence-electron chi connectivity index (χ0n) is 14.5. The van der Waals surface area contributed by atoms with Gasteiger partial charge in [0.1, 0.15) is 23.7 Å². The topological polar surface area (TPSA) is 65.7 Å². The van der Waals surface area contributed by atoms with Crippen molar-refractivity contribution in [2.75, 3.05) is 49.1 Å². The Morgan fingerprint density at radius 1 is 1.00 bits per heavy atom. The molecule has 7 nitrogen and oxygen atoms in total. The van der Waals surface area contributed by atoms with Gasteiger partial charge in [0, 0.05) is 45.3 Å². The van der Waals surface area contributed by atoms with E-state index in [0.717, 1.165) is 43.6 Å². The molecule has 0 unspecified atom stereocenters. The Labute approximate surface area is 147 Å². The first-order chi connectivity index (χ1) is 12.2. The summed E-state index contributed by atoms with van der Waals surface area (Å²) in [5.74, 6) is 2.82. The van der Waals surface area contributed by atoms with E-state index >= 15 is 0 Å². The van der Waals surface area contributed by atoms with Crippen LogP contribution in [0.2, 0.25) is 0 Å². The van der Waals surface area contributed by atoms with Crippen molar-refractivity contribution in [2.24, 2.45) is 0 Å². The molecule has 0 N–H and O–H groups in total. The van der Waals surface area contributed by atoms with E-state index in [9.17, 15) is 4.79 Å². The SMILES string of the molecule is Cc1nc(N2CCCC2)cc(N2CCN(C(=O)c3ccoc3)CC2)n1. The van der Waals surface area contributed by atoms with Crippen molar-refractivity contribution in [3.63, 3.8) is 0 Å². The zero-order valence-corrected chi connectivity index (χ0v) is 14.5. The lowest BCUT2D eigenvalue weighted by Crippen LogP contribution is -2.49. The lowest BCUT2D eigenvalue weighted by atomic mass is 10.2. The minimum absolute atomic E-state index is 0.0324. The van der Waals surface area contributed by atoms with Crippen molar-refractivity contribution in [3.05, 3.63) is 36.0 Å². The Hall–Kier alpha value is -2.57. The molecule has 2 saturated heterocycles. The molecule has 0 saturated carbocycles. The number of hydrogen-bond acceptors (Lipinski definition) is 6. The molecule has 2 aromatic heterocycles. The second-order valence-electron chi connectivity index (χ2n) is 6.62. The van der Waals surface area contributed by atoms with Crippen molar-refractivity contribution < 1.29 is 9.21 Å². The van der Waals surface area contributed by atoms with E-state index in [1.54, 1.807) is 6.07 Å². The molecule has 0 atom stereocenters. The van der Waals surface area contributed by atoms with Gasteiger partial charge >= 0.3 is 0 Å². The minimum atomic E-state index is 0.0324. The second kappa shape index (κ2) is 6.74. The molecule has 25 heavy (non-hydrogen) atoms. The summed E-state index contributed by atoms with van der Waals surface area (Å²) in [6.07, 6.45) is 5.50. The summed E-state index contributed by atoms with van der Waals surface area (Å²) >= 11 is 0. The van der Waals surface area contributed by atoms with Gasteiger partial charge in [-0.2, -0.15) is 0 Å². The number of rotatable bonds is 3. The van der Waals surface area contributed by atoms with Crippen LogP contribution in [0.1, 0.15) is 29.0 Å². The molecule has 2 aliphatic heterocycles. The lowest BCUT2D eigenvalue weighted by Gasteiger charge is -2.35. The van der Waals surface area contributed by atoms with Gasteiger partial charge in [-0.15, -0.1) is 0 Å². The Morgan fingerprint density at radius 3 is 2.24 bits per heavy atom. The quantitative estimate of drug-likeness (QED) is 0.850. The molecular formula is C18H23N5O2. The van der Waals surface area contributed by atoms with E-state index in [0.29, 0.717) is 18.7 Å². The first-order valence-corrected chi connectivity index (χ1v) is 8.88. The van der Waals surface area contributed by atoms with Crippen molar-refractivity contribution in [3.8, 4) is 0 Å². The normalized spacial score (nSPS) is 18.0. The van der Waals surface area contributed by atoms with Crippen LogP contribution >= 0.6 is 0 Å². The standard InChI is InChI=1S/C18H23N5O2/c1-14-19-16(21-5-2-3-6-21)12-17(20-14)22-7-9-23(10-8-22)18(24)15-4-11-25-13-15/h4,11-13H,2-3,5-10H2,1H3. The molecule has 2 aliphatic rings. The Morgan fingerprint density at radius 2 is 1.64 bits per heavy atom. The molecule has 2 aromatic rings. The molecule has 4 heterocycles. The van der Waals surface area contributed by atoms with Gasteiger partial charge in [0.15, 0.2) is 0 Å². The van der Waals surface area contributed by atoms with E-state index in [1.807, 2.05) is 11.8 Å². The van der Waals surface area contributed by atoms with Crippen molar-refractivity contribution in [2.45, 2.75) is 19.8 Å². The number of amides is 1. The van der Waals surface area contributed by atoms with E-state index in [4.69, 9.17) is 4.42 Å². The number of carbonyl (C=O) groups is 1. The number of hydrogen-bond donors (Lipinski definition) is 0. The summed E-state index contributed by atoms with van der Waals surface area (Å²) < 4.78 is 5.01. The first-order valence-electron chi connectivity index (χ1n) is 8.88. The number of piperazine rings is 1. The molecule has 0 aliphatic carbocycles.